The summed E-state index contributed by atoms with van der Waals surface area (Å²) < 4.78 is 1.45. The first kappa shape index (κ1) is 13.3. The van der Waals surface area contributed by atoms with Gasteiger partial charge in [0, 0.05) is 31.8 Å². The van der Waals surface area contributed by atoms with Crippen molar-refractivity contribution in [2.45, 2.75) is 32.2 Å². The summed E-state index contributed by atoms with van der Waals surface area (Å²) >= 11 is 0. The highest BCUT2D eigenvalue weighted by atomic mass is 16.6. The average molecular weight is 277 g/mol. The maximum absolute atomic E-state index is 11.7. The molecule has 2 aliphatic rings. The van der Waals surface area contributed by atoms with Crippen LogP contribution in [0.25, 0.3) is 0 Å². The van der Waals surface area contributed by atoms with Crippen LogP contribution in [-0.2, 0) is 6.54 Å². The molecule has 0 amide bonds. The monoisotopic (exact) mass is 277 g/mol. The van der Waals surface area contributed by atoms with Crippen LogP contribution in [0.15, 0.2) is 23.1 Å². The third-order valence-electron chi connectivity index (χ3n) is 4.77. The highest BCUT2D eigenvalue weighted by molar-refractivity contribution is 5.24. The molecule has 0 atom stereocenters. The maximum Gasteiger partial charge on any atom is 0.285 e. The molecule has 0 N–H and O–H groups in total. The molecule has 1 spiro atoms. The van der Waals surface area contributed by atoms with Gasteiger partial charge in [-0.15, -0.1) is 0 Å². The standard InChI is InChI=1S/C14H19N3O3/c18-13-3-2-12(17(19)20)10-16(13)9-8-15-7-6-14(11-15)4-1-5-14/h2-3,10H,1,4-9,11H2. The number of nitrogens with zero attached hydrogens (tertiary/aromatic N) is 3. The van der Waals surface area contributed by atoms with Gasteiger partial charge in [-0.3, -0.25) is 14.9 Å². The Balaban J connectivity index is 1.62. The molecule has 3 rings (SSSR count). The zero-order chi connectivity index (χ0) is 14.2. The third kappa shape index (κ3) is 2.47. The minimum Gasteiger partial charge on any atom is -0.308 e. The van der Waals surface area contributed by atoms with E-state index in [1.807, 2.05) is 0 Å². The lowest BCUT2D eigenvalue weighted by Crippen LogP contribution is -2.35. The summed E-state index contributed by atoms with van der Waals surface area (Å²) in [4.78, 5) is 24.4. The van der Waals surface area contributed by atoms with E-state index in [4.69, 9.17) is 0 Å². The van der Waals surface area contributed by atoms with Gasteiger partial charge >= 0.3 is 0 Å². The molecule has 1 saturated carbocycles. The Morgan fingerprint density at radius 1 is 1.25 bits per heavy atom. The van der Waals surface area contributed by atoms with Crippen LogP contribution in [0.2, 0.25) is 0 Å². The number of hydrogen-bond acceptors (Lipinski definition) is 4. The maximum atomic E-state index is 11.7. The summed E-state index contributed by atoms with van der Waals surface area (Å²) in [5.41, 5.74) is 0.350. The zero-order valence-electron chi connectivity index (χ0n) is 11.5. The lowest BCUT2D eigenvalue weighted by molar-refractivity contribution is -0.385. The Morgan fingerprint density at radius 3 is 2.65 bits per heavy atom. The minimum absolute atomic E-state index is 0.0264. The van der Waals surface area contributed by atoms with Crippen LogP contribution in [0.5, 0.6) is 0 Å². The first-order valence-corrected chi connectivity index (χ1v) is 7.15. The number of hydrogen-bond donors (Lipinski definition) is 0. The molecule has 0 radical (unpaired) electrons. The van der Waals surface area contributed by atoms with Crippen molar-refractivity contribution in [3.63, 3.8) is 0 Å². The second-order valence-corrected chi connectivity index (χ2v) is 6.06. The Morgan fingerprint density at radius 2 is 2.05 bits per heavy atom. The van der Waals surface area contributed by atoms with Gasteiger partial charge < -0.3 is 9.47 Å². The highest BCUT2D eigenvalue weighted by Gasteiger charge is 2.42. The summed E-state index contributed by atoms with van der Waals surface area (Å²) in [6.07, 6.45) is 6.62. The van der Waals surface area contributed by atoms with Gasteiger partial charge in [0.1, 0.15) is 0 Å². The number of aromatic nitrogens is 1. The normalized spacial score (nSPS) is 21.0. The van der Waals surface area contributed by atoms with Gasteiger partial charge in [-0.1, -0.05) is 6.42 Å². The smallest absolute Gasteiger partial charge is 0.285 e. The first-order chi connectivity index (χ1) is 9.58. The molecular weight excluding hydrogens is 258 g/mol. The van der Waals surface area contributed by atoms with Gasteiger partial charge in [0.25, 0.3) is 11.2 Å². The van der Waals surface area contributed by atoms with E-state index in [-0.39, 0.29) is 11.2 Å². The zero-order valence-corrected chi connectivity index (χ0v) is 11.5. The Labute approximate surface area is 117 Å². The fourth-order valence-electron chi connectivity index (χ4n) is 3.35. The molecule has 6 heteroatoms. The number of nitro groups is 1. The van der Waals surface area contributed by atoms with Gasteiger partial charge in [-0.25, -0.2) is 0 Å². The van der Waals surface area contributed by atoms with Crippen molar-refractivity contribution < 1.29 is 4.92 Å². The molecule has 6 nitrogen and oxygen atoms in total. The Bertz CT molecular complexity index is 577. The minimum atomic E-state index is -0.463. The van der Waals surface area contributed by atoms with Crippen molar-refractivity contribution in [3.05, 3.63) is 38.8 Å². The topological polar surface area (TPSA) is 68.4 Å². The van der Waals surface area contributed by atoms with E-state index in [1.54, 1.807) is 0 Å². The molecule has 0 aromatic carbocycles. The van der Waals surface area contributed by atoms with E-state index in [9.17, 15) is 14.9 Å². The molecule has 108 valence electrons. The summed E-state index contributed by atoms with van der Waals surface area (Å²) in [7, 11) is 0. The Hall–Kier alpha value is -1.69. The van der Waals surface area contributed by atoms with Gasteiger partial charge in [0.05, 0.1) is 11.1 Å². The van der Waals surface area contributed by atoms with Crippen LogP contribution in [0.1, 0.15) is 25.7 Å². The average Bonchev–Trinajstić information content (AvgIpc) is 2.82. The Kier molecular flexibility index (Phi) is 3.33. The van der Waals surface area contributed by atoms with Crippen molar-refractivity contribution in [1.82, 2.24) is 9.47 Å². The van der Waals surface area contributed by atoms with Crippen molar-refractivity contribution >= 4 is 5.69 Å². The van der Waals surface area contributed by atoms with E-state index < -0.39 is 4.92 Å². The second-order valence-electron chi connectivity index (χ2n) is 6.06. The van der Waals surface area contributed by atoms with E-state index in [2.05, 4.69) is 4.90 Å². The first-order valence-electron chi connectivity index (χ1n) is 7.15. The molecule has 1 saturated heterocycles. The predicted molar refractivity (Wildman–Crippen MR) is 74.7 cm³/mol. The van der Waals surface area contributed by atoms with Crippen LogP contribution in [0.4, 0.5) is 5.69 Å². The number of likely N-dealkylation sites (tertiary alicyclic amines) is 1. The van der Waals surface area contributed by atoms with Crippen molar-refractivity contribution in [2.24, 2.45) is 5.41 Å². The molecule has 1 aliphatic heterocycles. The lowest BCUT2D eigenvalue weighted by Gasteiger charge is -2.38. The van der Waals surface area contributed by atoms with Gasteiger partial charge in [0.2, 0.25) is 0 Å². The van der Waals surface area contributed by atoms with Crippen LogP contribution < -0.4 is 5.56 Å². The predicted octanol–water partition coefficient (Wildman–Crippen LogP) is 1.63. The summed E-state index contributed by atoms with van der Waals surface area (Å²) in [6, 6.07) is 2.54. The molecule has 0 unspecified atom stereocenters. The largest absolute Gasteiger partial charge is 0.308 e. The second kappa shape index (κ2) is 5.01. The van der Waals surface area contributed by atoms with Crippen LogP contribution in [0.3, 0.4) is 0 Å². The van der Waals surface area contributed by atoms with Crippen molar-refractivity contribution in [3.8, 4) is 0 Å². The van der Waals surface area contributed by atoms with E-state index in [0.717, 1.165) is 19.6 Å². The molecule has 20 heavy (non-hydrogen) atoms. The molecule has 2 fully saturated rings. The summed E-state index contributed by atoms with van der Waals surface area (Å²) in [5.74, 6) is 0. The number of rotatable bonds is 4. The van der Waals surface area contributed by atoms with E-state index >= 15 is 0 Å². The van der Waals surface area contributed by atoms with E-state index in [0.29, 0.717) is 12.0 Å². The number of pyridine rings is 1. The fourth-order valence-corrected chi connectivity index (χ4v) is 3.35. The van der Waals surface area contributed by atoms with Crippen LogP contribution in [0, 0.1) is 15.5 Å². The van der Waals surface area contributed by atoms with Gasteiger partial charge in [0.15, 0.2) is 0 Å². The molecule has 2 heterocycles. The van der Waals surface area contributed by atoms with Crippen LogP contribution in [-0.4, -0.2) is 34.0 Å². The lowest BCUT2D eigenvalue weighted by atomic mass is 9.68. The van der Waals surface area contributed by atoms with E-state index in [1.165, 1.54) is 48.6 Å². The van der Waals surface area contributed by atoms with Gasteiger partial charge in [-0.05, 0) is 31.2 Å². The summed E-state index contributed by atoms with van der Waals surface area (Å²) in [5, 5.41) is 10.7. The van der Waals surface area contributed by atoms with Crippen molar-refractivity contribution in [2.75, 3.05) is 19.6 Å². The third-order valence-corrected chi connectivity index (χ3v) is 4.77. The molecule has 0 bridgehead atoms. The molecule has 1 aromatic rings. The van der Waals surface area contributed by atoms with Gasteiger partial charge in [-0.2, -0.15) is 0 Å². The molecule has 1 aromatic heterocycles. The quantitative estimate of drug-likeness (QED) is 0.619. The highest BCUT2D eigenvalue weighted by Crippen LogP contribution is 2.47. The van der Waals surface area contributed by atoms with Crippen LogP contribution >= 0.6 is 0 Å². The summed E-state index contributed by atoms with van der Waals surface area (Å²) in [6.45, 7) is 3.53. The molecule has 1 aliphatic carbocycles. The van der Waals surface area contributed by atoms with Crippen molar-refractivity contribution in [1.29, 1.82) is 0 Å². The SMILES string of the molecule is O=c1ccc([N+](=O)[O-])cn1CCN1CCC2(CCC2)C1. The fraction of sp³-hybridized carbons (Fsp3) is 0.643. The molecular formula is C14H19N3O3.